The Labute approximate surface area is 114 Å². The van der Waals surface area contributed by atoms with Crippen LogP contribution in [0.1, 0.15) is 18.2 Å². The largest absolute Gasteiger partial charge is 0.481 e. The first-order valence-electron chi connectivity index (χ1n) is 5.47. The van der Waals surface area contributed by atoms with Gasteiger partial charge in [-0.1, -0.05) is 11.6 Å². The molecule has 0 saturated heterocycles. The average molecular weight is 288 g/mol. The number of hydrogen-bond acceptors (Lipinski definition) is 3. The molecule has 18 heavy (non-hydrogen) atoms. The van der Waals surface area contributed by atoms with Crippen LogP contribution < -0.4 is 0 Å². The smallest absolute Gasteiger partial charge is 0.305 e. The minimum absolute atomic E-state index is 0.0434. The van der Waals surface area contributed by atoms with Crippen molar-refractivity contribution in [3.05, 3.63) is 27.4 Å². The monoisotopic (exact) mass is 287 g/mol. The topological polar surface area (TPSA) is 57.6 Å². The fourth-order valence-electron chi connectivity index (χ4n) is 1.33. The van der Waals surface area contributed by atoms with Gasteiger partial charge in [-0.2, -0.15) is 0 Å². The zero-order valence-electron chi connectivity index (χ0n) is 9.93. The summed E-state index contributed by atoms with van der Waals surface area (Å²) in [7, 11) is 0. The maximum atomic E-state index is 11.8. The molecule has 6 heteroatoms. The van der Waals surface area contributed by atoms with Crippen molar-refractivity contribution >= 4 is 40.9 Å². The summed E-state index contributed by atoms with van der Waals surface area (Å²) < 4.78 is 0.667. The van der Waals surface area contributed by atoms with Crippen molar-refractivity contribution in [1.29, 1.82) is 0 Å². The van der Waals surface area contributed by atoms with Gasteiger partial charge in [-0.25, -0.2) is 0 Å². The number of aliphatic carboxylic acids is 1. The lowest BCUT2D eigenvalue weighted by Crippen LogP contribution is -2.31. The highest BCUT2D eigenvalue weighted by Gasteiger charge is 2.09. The van der Waals surface area contributed by atoms with E-state index >= 15 is 0 Å². The maximum Gasteiger partial charge on any atom is 0.305 e. The van der Waals surface area contributed by atoms with Crippen LogP contribution in [0.2, 0.25) is 4.34 Å². The molecule has 0 spiro atoms. The van der Waals surface area contributed by atoms with Crippen molar-refractivity contribution in [2.24, 2.45) is 0 Å². The second-order valence-corrected chi connectivity index (χ2v) is 5.28. The quantitative estimate of drug-likeness (QED) is 0.819. The predicted octanol–water partition coefficient (Wildman–Crippen LogP) is 2.74. The molecule has 4 nitrogen and oxygen atoms in total. The van der Waals surface area contributed by atoms with Crippen LogP contribution in [-0.4, -0.2) is 35.0 Å². The van der Waals surface area contributed by atoms with Gasteiger partial charge >= 0.3 is 5.97 Å². The van der Waals surface area contributed by atoms with E-state index < -0.39 is 5.97 Å². The lowest BCUT2D eigenvalue weighted by atomic mass is 10.3. The zero-order chi connectivity index (χ0) is 13.5. The normalized spacial score (nSPS) is 10.8. The molecule has 1 aromatic heterocycles. The fourth-order valence-corrected chi connectivity index (χ4v) is 2.30. The maximum absolute atomic E-state index is 11.8. The molecule has 0 radical (unpaired) electrons. The van der Waals surface area contributed by atoms with E-state index in [0.717, 1.165) is 4.88 Å². The van der Waals surface area contributed by atoms with Crippen molar-refractivity contribution < 1.29 is 14.7 Å². The van der Waals surface area contributed by atoms with Crippen LogP contribution in [0.4, 0.5) is 0 Å². The number of hydrogen-bond donors (Lipinski definition) is 1. The molecular weight excluding hydrogens is 274 g/mol. The third kappa shape index (κ3) is 4.89. The molecular formula is C12H14ClNO3S. The van der Waals surface area contributed by atoms with Gasteiger partial charge < -0.3 is 10.0 Å². The Morgan fingerprint density at radius 3 is 2.72 bits per heavy atom. The second kappa shape index (κ2) is 7.18. The summed E-state index contributed by atoms with van der Waals surface area (Å²) in [5, 5.41) is 8.58. The molecule has 0 aromatic carbocycles. The number of carbonyl (C=O) groups is 2. The summed E-state index contributed by atoms with van der Waals surface area (Å²) in [5.74, 6) is -1.10. The minimum atomic E-state index is -0.907. The number of amides is 1. The SMILES string of the molecule is CCN(CCC(=O)O)C(=O)/C=C/c1ccc(Cl)s1. The van der Waals surface area contributed by atoms with Gasteiger partial charge in [0.05, 0.1) is 10.8 Å². The van der Waals surface area contributed by atoms with Gasteiger partial charge in [0.1, 0.15) is 0 Å². The molecule has 0 aliphatic rings. The van der Waals surface area contributed by atoms with Gasteiger partial charge in [-0.05, 0) is 25.1 Å². The summed E-state index contributed by atoms with van der Waals surface area (Å²) in [6.07, 6.45) is 3.08. The Kier molecular flexibility index (Phi) is 5.88. The highest BCUT2D eigenvalue weighted by atomic mass is 35.5. The summed E-state index contributed by atoms with van der Waals surface area (Å²) in [5.41, 5.74) is 0. The van der Waals surface area contributed by atoms with Gasteiger partial charge in [0.15, 0.2) is 0 Å². The molecule has 1 amide bonds. The predicted molar refractivity (Wildman–Crippen MR) is 72.9 cm³/mol. The van der Waals surface area contributed by atoms with Crippen molar-refractivity contribution in [2.75, 3.05) is 13.1 Å². The van der Waals surface area contributed by atoms with Crippen LogP contribution in [0.25, 0.3) is 6.08 Å². The van der Waals surface area contributed by atoms with Gasteiger partial charge in [0.2, 0.25) is 5.91 Å². The van der Waals surface area contributed by atoms with Gasteiger partial charge in [0.25, 0.3) is 0 Å². The van der Waals surface area contributed by atoms with Crippen LogP contribution in [-0.2, 0) is 9.59 Å². The van der Waals surface area contributed by atoms with E-state index in [9.17, 15) is 9.59 Å². The Morgan fingerprint density at radius 2 is 2.22 bits per heavy atom. The number of nitrogens with zero attached hydrogens (tertiary/aromatic N) is 1. The number of carbonyl (C=O) groups excluding carboxylic acids is 1. The van der Waals surface area contributed by atoms with Crippen molar-refractivity contribution in [1.82, 2.24) is 4.90 Å². The number of rotatable bonds is 6. The van der Waals surface area contributed by atoms with E-state index in [1.54, 1.807) is 12.1 Å². The van der Waals surface area contributed by atoms with Gasteiger partial charge in [-0.3, -0.25) is 9.59 Å². The molecule has 0 aliphatic heterocycles. The van der Waals surface area contributed by atoms with Crippen LogP contribution in [0, 0.1) is 0 Å². The second-order valence-electron chi connectivity index (χ2n) is 3.54. The summed E-state index contributed by atoms with van der Waals surface area (Å²) >= 11 is 7.16. The lowest BCUT2D eigenvalue weighted by Gasteiger charge is -2.17. The first-order chi connectivity index (χ1) is 8.52. The molecule has 0 aliphatic carbocycles. The summed E-state index contributed by atoms with van der Waals surface area (Å²) in [6.45, 7) is 2.53. The molecule has 0 unspecified atom stereocenters. The molecule has 98 valence electrons. The lowest BCUT2D eigenvalue weighted by molar-refractivity contribution is -0.137. The molecule has 1 N–H and O–H groups in total. The highest BCUT2D eigenvalue weighted by molar-refractivity contribution is 7.17. The highest BCUT2D eigenvalue weighted by Crippen LogP contribution is 2.22. The van der Waals surface area contributed by atoms with E-state index in [-0.39, 0.29) is 18.9 Å². The number of halogens is 1. The molecule has 0 saturated carbocycles. The first-order valence-corrected chi connectivity index (χ1v) is 6.66. The summed E-state index contributed by atoms with van der Waals surface area (Å²) in [4.78, 5) is 24.6. The van der Waals surface area contributed by atoms with Crippen molar-refractivity contribution in [3.63, 3.8) is 0 Å². The Balaban J connectivity index is 2.56. The van der Waals surface area contributed by atoms with Gasteiger partial charge in [-0.15, -0.1) is 11.3 Å². The van der Waals surface area contributed by atoms with E-state index in [0.29, 0.717) is 10.9 Å². The Bertz CT molecular complexity index is 456. The number of carboxylic acids is 1. The molecule has 1 rings (SSSR count). The molecule has 0 bridgehead atoms. The fraction of sp³-hybridized carbons (Fsp3) is 0.333. The van der Waals surface area contributed by atoms with E-state index in [4.69, 9.17) is 16.7 Å². The van der Waals surface area contributed by atoms with E-state index in [2.05, 4.69) is 0 Å². The van der Waals surface area contributed by atoms with E-state index in [1.807, 2.05) is 13.0 Å². The van der Waals surface area contributed by atoms with Crippen LogP contribution in [0.3, 0.4) is 0 Å². The third-order valence-corrected chi connectivity index (χ3v) is 3.47. The van der Waals surface area contributed by atoms with Crippen LogP contribution in [0.15, 0.2) is 18.2 Å². The zero-order valence-corrected chi connectivity index (χ0v) is 11.5. The average Bonchev–Trinajstić information content (AvgIpc) is 2.73. The van der Waals surface area contributed by atoms with Crippen LogP contribution in [0.5, 0.6) is 0 Å². The van der Waals surface area contributed by atoms with Crippen molar-refractivity contribution in [2.45, 2.75) is 13.3 Å². The number of thiophene rings is 1. The van der Waals surface area contributed by atoms with Gasteiger partial charge in [0, 0.05) is 24.0 Å². The van der Waals surface area contributed by atoms with Crippen molar-refractivity contribution in [3.8, 4) is 0 Å². The first kappa shape index (κ1) is 14.7. The molecule has 0 fully saturated rings. The Hall–Kier alpha value is -1.33. The molecule has 1 heterocycles. The number of carboxylic acid groups (broad SMARTS) is 1. The third-order valence-electron chi connectivity index (χ3n) is 2.27. The Morgan fingerprint density at radius 1 is 1.50 bits per heavy atom. The minimum Gasteiger partial charge on any atom is -0.481 e. The summed E-state index contributed by atoms with van der Waals surface area (Å²) in [6, 6.07) is 3.59. The van der Waals surface area contributed by atoms with E-state index in [1.165, 1.54) is 22.3 Å². The molecule has 1 aromatic rings. The van der Waals surface area contributed by atoms with Crippen LogP contribution >= 0.6 is 22.9 Å². The molecule has 0 atom stereocenters. The standard InChI is InChI=1S/C12H14ClNO3S/c1-2-14(8-7-12(16)17)11(15)6-4-9-3-5-10(13)18-9/h3-6H,2,7-8H2,1H3,(H,16,17)/b6-4+. The number of likely N-dealkylation sites (N-methyl/N-ethyl adjacent to an activating group) is 1.